The minimum absolute atomic E-state index is 0.0188. The SMILES string of the molecule is CCN(C(=O)CCNC(=O)c1cccc(OC)c1)c1ccccc1. The number of carbonyl (C=O) groups is 2. The van der Waals surface area contributed by atoms with E-state index in [1.165, 1.54) is 0 Å². The van der Waals surface area contributed by atoms with Crippen molar-refractivity contribution in [3.05, 3.63) is 60.2 Å². The predicted molar refractivity (Wildman–Crippen MR) is 94.4 cm³/mol. The molecule has 0 aliphatic rings. The van der Waals surface area contributed by atoms with E-state index >= 15 is 0 Å². The van der Waals surface area contributed by atoms with Gasteiger partial charge < -0.3 is 15.0 Å². The van der Waals surface area contributed by atoms with Crippen LogP contribution in [0, 0.1) is 0 Å². The highest BCUT2D eigenvalue weighted by Gasteiger charge is 2.14. The lowest BCUT2D eigenvalue weighted by Crippen LogP contribution is -2.34. The van der Waals surface area contributed by atoms with Crippen molar-refractivity contribution in [3.8, 4) is 5.75 Å². The number of nitrogens with zero attached hydrogens (tertiary/aromatic N) is 1. The van der Waals surface area contributed by atoms with Crippen molar-refractivity contribution >= 4 is 17.5 Å². The second kappa shape index (κ2) is 8.72. The van der Waals surface area contributed by atoms with Crippen molar-refractivity contribution in [3.63, 3.8) is 0 Å². The zero-order valence-electron chi connectivity index (χ0n) is 14.0. The predicted octanol–water partition coefficient (Wildman–Crippen LogP) is 2.87. The van der Waals surface area contributed by atoms with Crippen LogP contribution in [-0.4, -0.2) is 32.0 Å². The molecule has 0 heterocycles. The van der Waals surface area contributed by atoms with E-state index in [4.69, 9.17) is 4.74 Å². The maximum atomic E-state index is 12.3. The molecule has 0 atom stereocenters. The van der Waals surface area contributed by atoms with Crippen LogP contribution in [0.3, 0.4) is 0 Å². The summed E-state index contributed by atoms with van der Waals surface area (Å²) < 4.78 is 5.10. The zero-order valence-corrected chi connectivity index (χ0v) is 14.0. The van der Waals surface area contributed by atoms with Gasteiger partial charge in [-0.25, -0.2) is 0 Å². The number of anilines is 1. The highest BCUT2D eigenvalue weighted by Crippen LogP contribution is 2.14. The lowest BCUT2D eigenvalue weighted by molar-refractivity contribution is -0.118. The number of para-hydroxylation sites is 1. The van der Waals surface area contributed by atoms with Crippen molar-refractivity contribution < 1.29 is 14.3 Å². The summed E-state index contributed by atoms with van der Waals surface area (Å²) in [5.41, 5.74) is 1.38. The number of ether oxygens (including phenoxy) is 1. The molecule has 0 aromatic heterocycles. The Labute approximate surface area is 142 Å². The Kier molecular flexibility index (Phi) is 6.37. The minimum atomic E-state index is -0.218. The van der Waals surface area contributed by atoms with Crippen LogP contribution in [0.1, 0.15) is 23.7 Å². The summed E-state index contributed by atoms with van der Waals surface area (Å²) >= 11 is 0. The van der Waals surface area contributed by atoms with E-state index in [1.54, 1.807) is 36.3 Å². The molecular formula is C19H22N2O3. The molecule has 2 aromatic rings. The number of nitrogens with one attached hydrogen (secondary N) is 1. The fourth-order valence-electron chi connectivity index (χ4n) is 2.40. The Bertz CT molecular complexity index is 686. The summed E-state index contributed by atoms with van der Waals surface area (Å²) in [6.07, 6.45) is 0.248. The fraction of sp³-hybridized carbons (Fsp3) is 0.263. The van der Waals surface area contributed by atoms with Gasteiger partial charge in [0.1, 0.15) is 5.75 Å². The first-order valence-electron chi connectivity index (χ1n) is 7.93. The van der Waals surface area contributed by atoms with E-state index in [0.29, 0.717) is 17.9 Å². The van der Waals surface area contributed by atoms with Crippen molar-refractivity contribution in [2.75, 3.05) is 25.1 Å². The Morgan fingerprint density at radius 1 is 1.08 bits per heavy atom. The molecule has 0 aliphatic carbocycles. The molecule has 2 rings (SSSR count). The van der Waals surface area contributed by atoms with Crippen molar-refractivity contribution in [1.29, 1.82) is 0 Å². The second-order valence-corrected chi connectivity index (χ2v) is 5.21. The Balaban J connectivity index is 1.88. The molecular weight excluding hydrogens is 304 g/mol. The lowest BCUT2D eigenvalue weighted by atomic mass is 10.2. The van der Waals surface area contributed by atoms with E-state index in [-0.39, 0.29) is 24.8 Å². The summed E-state index contributed by atoms with van der Waals surface area (Å²) in [4.78, 5) is 26.2. The molecule has 5 nitrogen and oxygen atoms in total. The van der Waals surface area contributed by atoms with Crippen LogP contribution < -0.4 is 15.0 Å². The number of hydrogen-bond donors (Lipinski definition) is 1. The van der Waals surface area contributed by atoms with Crippen molar-refractivity contribution in [2.24, 2.45) is 0 Å². The standard InChI is InChI=1S/C19H22N2O3/c1-3-21(16-9-5-4-6-10-16)18(22)12-13-20-19(23)15-8-7-11-17(14-15)24-2/h4-11,14H,3,12-13H2,1-2H3,(H,20,23). The molecule has 2 amide bonds. The second-order valence-electron chi connectivity index (χ2n) is 5.21. The molecule has 0 saturated carbocycles. The summed E-state index contributed by atoms with van der Waals surface area (Å²) in [6, 6.07) is 16.4. The largest absolute Gasteiger partial charge is 0.497 e. The van der Waals surface area contributed by atoms with Gasteiger partial charge in [0.15, 0.2) is 0 Å². The molecule has 0 spiro atoms. The van der Waals surface area contributed by atoms with Gasteiger partial charge in [-0.2, -0.15) is 0 Å². The maximum Gasteiger partial charge on any atom is 0.251 e. The number of benzene rings is 2. The first-order valence-corrected chi connectivity index (χ1v) is 7.93. The van der Waals surface area contributed by atoms with Gasteiger partial charge in [-0.1, -0.05) is 24.3 Å². The van der Waals surface area contributed by atoms with Gasteiger partial charge in [0.05, 0.1) is 7.11 Å². The molecule has 0 radical (unpaired) electrons. The van der Waals surface area contributed by atoms with Gasteiger partial charge in [0.25, 0.3) is 5.91 Å². The van der Waals surface area contributed by atoms with Gasteiger partial charge in [-0.15, -0.1) is 0 Å². The molecule has 126 valence electrons. The quantitative estimate of drug-likeness (QED) is 0.851. The van der Waals surface area contributed by atoms with Gasteiger partial charge in [0.2, 0.25) is 5.91 Å². The third kappa shape index (κ3) is 4.59. The summed E-state index contributed by atoms with van der Waals surface area (Å²) in [5.74, 6) is 0.388. The van der Waals surface area contributed by atoms with Gasteiger partial charge in [0, 0.05) is 30.8 Å². The summed E-state index contributed by atoms with van der Waals surface area (Å²) in [6.45, 7) is 2.81. The smallest absolute Gasteiger partial charge is 0.251 e. The Hall–Kier alpha value is -2.82. The Morgan fingerprint density at radius 2 is 1.83 bits per heavy atom. The average molecular weight is 326 g/mol. The van der Waals surface area contributed by atoms with Gasteiger partial charge >= 0.3 is 0 Å². The van der Waals surface area contributed by atoms with Crippen molar-refractivity contribution in [2.45, 2.75) is 13.3 Å². The molecule has 2 aromatic carbocycles. The van der Waals surface area contributed by atoms with Crippen LogP contribution in [0.25, 0.3) is 0 Å². The molecule has 1 N–H and O–H groups in total. The molecule has 0 unspecified atom stereocenters. The summed E-state index contributed by atoms with van der Waals surface area (Å²) in [5, 5.41) is 2.77. The van der Waals surface area contributed by atoms with Crippen LogP contribution in [0.5, 0.6) is 5.75 Å². The first kappa shape index (κ1) is 17.5. The molecule has 5 heteroatoms. The number of carbonyl (C=O) groups excluding carboxylic acids is 2. The average Bonchev–Trinajstić information content (AvgIpc) is 2.63. The number of rotatable bonds is 7. The number of methoxy groups -OCH3 is 1. The van der Waals surface area contributed by atoms with Crippen LogP contribution in [-0.2, 0) is 4.79 Å². The molecule has 0 saturated heterocycles. The molecule has 24 heavy (non-hydrogen) atoms. The minimum Gasteiger partial charge on any atom is -0.497 e. The van der Waals surface area contributed by atoms with Gasteiger partial charge in [-0.05, 0) is 37.3 Å². The van der Waals surface area contributed by atoms with Crippen molar-refractivity contribution in [1.82, 2.24) is 5.32 Å². The van der Waals surface area contributed by atoms with E-state index in [2.05, 4.69) is 5.32 Å². The van der Waals surface area contributed by atoms with Crippen LogP contribution in [0.4, 0.5) is 5.69 Å². The Morgan fingerprint density at radius 3 is 2.50 bits per heavy atom. The van der Waals surface area contributed by atoms with E-state index in [9.17, 15) is 9.59 Å². The van der Waals surface area contributed by atoms with Crippen LogP contribution >= 0.6 is 0 Å². The highest BCUT2D eigenvalue weighted by atomic mass is 16.5. The van der Waals surface area contributed by atoms with E-state index in [1.807, 2.05) is 37.3 Å². The van der Waals surface area contributed by atoms with E-state index in [0.717, 1.165) is 5.69 Å². The van der Waals surface area contributed by atoms with Gasteiger partial charge in [-0.3, -0.25) is 9.59 Å². The lowest BCUT2D eigenvalue weighted by Gasteiger charge is -2.21. The van der Waals surface area contributed by atoms with E-state index < -0.39 is 0 Å². The fourth-order valence-corrected chi connectivity index (χ4v) is 2.40. The molecule has 0 bridgehead atoms. The third-order valence-corrected chi connectivity index (χ3v) is 3.64. The summed E-state index contributed by atoms with van der Waals surface area (Å²) in [7, 11) is 1.55. The molecule has 0 aliphatic heterocycles. The monoisotopic (exact) mass is 326 g/mol. The highest BCUT2D eigenvalue weighted by molar-refractivity contribution is 5.96. The van der Waals surface area contributed by atoms with Crippen LogP contribution in [0.15, 0.2) is 54.6 Å². The van der Waals surface area contributed by atoms with Crippen LogP contribution in [0.2, 0.25) is 0 Å². The zero-order chi connectivity index (χ0) is 17.4. The molecule has 0 fully saturated rings. The maximum absolute atomic E-state index is 12.3. The number of hydrogen-bond acceptors (Lipinski definition) is 3. The third-order valence-electron chi connectivity index (χ3n) is 3.64. The number of amides is 2. The first-order chi connectivity index (χ1) is 11.7. The topological polar surface area (TPSA) is 58.6 Å². The normalized spacial score (nSPS) is 10.1.